The largest absolute Gasteiger partial charge is 0.373 e. The lowest BCUT2D eigenvalue weighted by molar-refractivity contribution is -0.332. The highest BCUT2D eigenvalue weighted by Crippen LogP contribution is 2.31. The number of nitrogens with one attached hydrogen (secondary N) is 1. The second-order valence-corrected chi connectivity index (χ2v) is 11.2. The molecule has 1 N–H and O–H groups in total. The van der Waals surface area contributed by atoms with E-state index in [0.717, 1.165) is 49.7 Å². The van der Waals surface area contributed by atoms with Crippen molar-refractivity contribution < 1.29 is 19.3 Å². The molecule has 0 aliphatic carbocycles. The molecular formula is C27H45NO4. The minimum Gasteiger partial charge on any atom is -0.373 e. The van der Waals surface area contributed by atoms with E-state index in [1.807, 2.05) is 32.9 Å². The van der Waals surface area contributed by atoms with E-state index in [9.17, 15) is 4.79 Å². The number of piperidine rings is 1. The van der Waals surface area contributed by atoms with Crippen LogP contribution in [-0.4, -0.2) is 23.2 Å². The molecule has 1 fully saturated rings. The van der Waals surface area contributed by atoms with E-state index in [4.69, 9.17) is 14.5 Å². The van der Waals surface area contributed by atoms with Crippen LogP contribution >= 0.6 is 0 Å². The first-order chi connectivity index (χ1) is 14.9. The minimum absolute atomic E-state index is 0.0718. The maximum atomic E-state index is 12.4. The zero-order chi connectivity index (χ0) is 24.0. The first-order valence-corrected chi connectivity index (χ1v) is 12.3. The molecule has 0 radical (unpaired) electrons. The summed E-state index contributed by atoms with van der Waals surface area (Å²) in [6.07, 6.45) is 5.93. The molecule has 0 amide bonds. The molecule has 5 heteroatoms. The van der Waals surface area contributed by atoms with E-state index in [1.54, 1.807) is 0 Å². The smallest absolute Gasteiger partial charge is 0.345 e. The Kier molecular flexibility index (Phi) is 9.33. The SMILES string of the molecule is CCCCC(CC)C(=O)OOC(C)(C)c1ccc(COC2CC(C)(C)NC(C)(C)C2)cc1. The predicted octanol–water partition coefficient (Wildman–Crippen LogP) is 6.44. The van der Waals surface area contributed by atoms with Crippen LogP contribution in [-0.2, 0) is 31.5 Å². The summed E-state index contributed by atoms with van der Waals surface area (Å²) in [4.78, 5) is 23.2. The summed E-state index contributed by atoms with van der Waals surface area (Å²) in [7, 11) is 0. The topological polar surface area (TPSA) is 56.8 Å². The van der Waals surface area contributed by atoms with Crippen LogP contribution in [0.4, 0.5) is 0 Å². The van der Waals surface area contributed by atoms with Gasteiger partial charge in [0.05, 0.1) is 18.6 Å². The molecular weight excluding hydrogens is 402 g/mol. The molecule has 1 aromatic rings. The van der Waals surface area contributed by atoms with Crippen molar-refractivity contribution in [2.24, 2.45) is 5.92 Å². The molecule has 1 aliphatic heterocycles. The average Bonchev–Trinajstić information content (AvgIpc) is 2.69. The second kappa shape index (κ2) is 11.1. The lowest BCUT2D eigenvalue weighted by Gasteiger charge is -2.46. The molecule has 5 nitrogen and oxygen atoms in total. The van der Waals surface area contributed by atoms with Gasteiger partial charge in [-0.3, -0.25) is 4.89 Å². The average molecular weight is 448 g/mol. The lowest BCUT2D eigenvalue weighted by atomic mass is 9.81. The van der Waals surface area contributed by atoms with Gasteiger partial charge >= 0.3 is 5.97 Å². The van der Waals surface area contributed by atoms with Gasteiger partial charge in [0, 0.05) is 11.1 Å². The van der Waals surface area contributed by atoms with Crippen molar-refractivity contribution in [3.8, 4) is 0 Å². The number of carbonyl (C=O) groups is 1. The molecule has 1 aliphatic rings. The molecule has 0 bridgehead atoms. The highest BCUT2D eigenvalue weighted by Gasteiger charge is 2.38. The zero-order valence-corrected chi connectivity index (χ0v) is 21.5. The molecule has 0 saturated carbocycles. The molecule has 0 aromatic heterocycles. The number of unbranched alkanes of at least 4 members (excludes halogenated alkanes) is 1. The fourth-order valence-electron chi connectivity index (χ4n) is 4.76. The van der Waals surface area contributed by atoms with Gasteiger partial charge < -0.3 is 10.1 Å². The summed E-state index contributed by atoms with van der Waals surface area (Å²) in [6.45, 7) is 17.5. The molecule has 32 heavy (non-hydrogen) atoms. The Bertz CT molecular complexity index is 708. The molecule has 1 heterocycles. The number of rotatable bonds is 11. The van der Waals surface area contributed by atoms with Crippen molar-refractivity contribution in [1.82, 2.24) is 5.32 Å². The quantitative estimate of drug-likeness (QED) is 0.312. The first-order valence-electron chi connectivity index (χ1n) is 12.3. The van der Waals surface area contributed by atoms with Gasteiger partial charge in [0.15, 0.2) is 0 Å². The predicted molar refractivity (Wildman–Crippen MR) is 129 cm³/mol. The third kappa shape index (κ3) is 8.17. The summed E-state index contributed by atoms with van der Waals surface area (Å²) in [5.41, 5.74) is 1.51. The van der Waals surface area contributed by atoms with Gasteiger partial charge in [-0.05, 0) is 78.4 Å². The summed E-state index contributed by atoms with van der Waals surface area (Å²) >= 11 is 0. The Morgan fingerprint density at radius 3 is 2.22 bits per heavy atom. The van der Waals surface area contributed by atoms with Gasteiger partial charge in [-0.25, -0.2) is 4.79 Å². The van der Waals surface area contributed by atoms with Crippen LogP contribution in [0.25, 0.3) is 0 Å². The Morgan fingerprint density at radius 2 is 1.69 bits per heavy atom. The lowest BCUT2D eigenvalue weighted by Crippen LogP contribution is -2.59. The van der Waals surface area contributed by atoms with Crippen molar-refractivity contribution in [3.63, 3.8) is 0 Å². The van der Waals surface area contributed by atoms with Crippen LogP contribution in [0.3, 0.4) is 0 Å². The Morgan fingerprint density at radius 1 is 1.09 bits per heavy atom. The van der Waals surface area contributed by atoms with Crippen molar-refractivity contribution in [2.45, 2.75) is 123 Å². The summed E-state index contributed by atoms with van der Waals surface area (Å²) in [5.74, 6) is -0.373. The highest BCUT2D eigenvalue weighted by atomic mass is 17.2. The van der Waals surface area contributed by atoms with E-state index in [-0.39, 0.29) is 29.1 Å². The molecule has 1 aromatic carbocycles. The van der Waals surface area contributed by atoms with Gasteiger partial charge in [-0.2, -0.15) is 4.89 Å². The summed E-state index contributed by atoms with van der Waals surface area (Å²) < 4.78 is 6.27. The van der Waals surface area contributed by atoms with Crippen LogP contribution in [0.15, 0.2) is 24.3 Å². The van der Waals surface area contributed by atoms with Crippen LogP contribution in [0.2, 0.25) is 0 Å². The summed E-state index contributed by atoms with van der Waals surface area (Å²) in [6, 6.07) is 8.18. The van der Waals surface area contributed by atoms with E-state index in [2.05, 4.69) is 52.1 Å². The van der Waals surface area contributed by atoms with Gasteiger partial charge in [0.25, 0.3) is 0 Å². The van der Waals surface area contributed by atoms with E-state index >= 15 is 0 Å². The van der Waals surface area contributed by atoms with Crippen molar-refractivity contribution >= 4 is 5.97 Å². The zero-order valence-electron chi connectivity index (χ0n) is 21.5. The standard InChI is InChI=1S/C27H45NO4/c1-9-11-12-21(10-2)24(29)31-32-27(7,8)22-15-13-20(14-16-22)19-30-23-17-25(3,4)28-26(5,6)18-23/h13-16,21,23,28H,9-12,17-19H2,1-8H3. The monoisotopic (exact) mass is 447 g/mol. The third-order valence-electron chi connectivity index (χ3n) is 6.35. The van der Waals surface area contributed by atoms with Gasteiger partial charge in [-0.1, -0.05) is 51.0 Å². The maximum Gasteiger partial charge on any atom is 0.345 e. The van der Waals surface area contributed by atoms with Crippen LogP contribution in [0.1, 0.15) is 105 Å². The van der Waals surface area contributed by atoms with Crippen molar-refractivity contribution in [3.05, 3.63) is 35.4 Å². The number of ether oxygens (including phenoxy) is 1. The van der Waals surface area contributed by atoms with Gasteiger partial charge in [0.2, 0.25) is 0 Å². The number of benzene rings is 1. The number of carbonyl (C=O) groups excluding carboxylic acids is 1. The Balaban J connectivity index is 1.89. The molecule has 1 saturated heterocycles. The van der Waals surface area contributed by atoms with E-state index in [0.29, 0.717) is 6.61 Å². The fourth-order valence-corrected chi connectivity index (χ4v) is 4.76. The van der Waals surface area contributed by atoms with Gasteiger partial charge in [0.1, 0.15) is 5.60 Å². The summed E-state index contributed by atoms with van der Waals surface area (Å²) in [5, 5.41) is 3.69. The van der Waals surface area contributed by atoms with E-state index in [1.165, 1.54) is 0 Å². The molecule has 2 rings (SSSR count). The van der Waals surface area contributed by atoms with Gasteiger partial charge in [-0.15, -0.1) is 0 Å². The van der Waals surface area contributed by atoms with Crippen molar-refractivity contribution in [1.29, 1.82) is 0 Å². The van der Waals surface area contributed by atoms with Crippen molar-refractivity contribution in [2.75, 3.05) is 0 Å². The normalized spacial score (nSPS) is 19.5. The molecule has 0 spiro atoms. The third-order valence-corrected chi connectivity index (χ3v) is 6.35. The first kappa shape index (κ1) is 26.8. The number of hydrogen-bond donors (Lipinski definition) is 1. The minimum atomic E-state index is -0.721. The van der Waals surface area contributed by atoms with Crippen LogP contribution < -0.4 is 5.32 Å². The number of hydrogen-bond acceptors (Lipinski definition) is 5. The van der Waals surface area contributed by atoms with Crippen LogP contribution in [0, 0.1) is 5.92 Å². The fraction of sp³-hybridized carbons (Fsp3) is 0.741. The molecule has 182 valence electrons. The van der Waals surface area contributed by atoms with Crippen LogP contribution in [0.5, 0.6) is 0 Å². The second-order valence-electron chi connectivity index (χ2n) is 11.2. The highest BCUT2D eigenvalue weighted by molar-refractivity contribution is 5.71. The maximum absolute atomic E-state index is 12.4. The molecule has 1 unspecified atom stereocenters. The Labute approximate surface area is 195 Å². The Hall–Kier alpha value is -1.43. The van der Waals surface area contributed by atoms with E-state index < -0.39 is 5.60 Å². The molecule has 1 atom stereocenters.